The molecule has 0 spiro atoms. The lowest BCUT2D eigenvalue weighted by atomic mass is 10.3. The van der Waals surface area contributed by atoms with E-state index >= 15 is 0 Å². The lowest BCUT2D eigenvalue weighted by Gasteiger charge is -2.00. The molecule has 1 heterocycles. The number of thiazole rings is 1. The molecule has 0 atom stereocenters. The second-order valence-corrected chi connectivity index (χ2v) is 5.91. The zero-order valence-electron chi connectivity index (χ0n) is 10.3. The number of nitrogens with one attached hydrogen (secondary N) is 1. The summed E-state index contributed by atoms with van der Waals surface area (Å²) in [5, 5.41) is 19.7. The number of aryl methyl sites for hydroxylation is 1. The van der Waals surface area contributed by atoms with E-state index in [1.165, 1.54) is 23.1 Å². The van der Waals surface area contributed by atoms with E-state index in [1.54, 1.807) is 6.92 Å². The molecule has 1 aromatic rings. The molecule has 8 heteroatoms. The molecular formula is C11H13N3O3S2. The van der Waals surface area contributed by atoms with Gasteiger partial charge in [0.05, 0.1) is 30.4 Å². The van der Waals surface area contributed by atoms with Gasteiger partial charge in [0.1, 0.15) is 0 Å². The first kappa shape index (κ1) is 15.5. The topological polar surface area (TPSA) is 103 Å². The highest BCUT2D eigenvalue weighted by Gasteiger charge is 2.12. The Kier molecular flexibility index (Phi) is 6.32. The molecule has 0 aliphatic heterocycles. The molecule has 6 nitrogen and oxygen atoms in total. The number of rotatable bonds is 7. The van der Waals surface area contributed by atoms with Gasteiger partial charge < -0.3 is 10.4 Å². The Morgan fingerprint density at radius 2 is 2.32 bits per heavy atom. The van der Waals surface area contributed by atoms with Gasteiger partial charge in [-0.05, 0) is 6.92 Å². The summed E-state index contributed by atoms with van der Waals surface area (Å²) in [4.78, 5) is 27.0. The number of hydrogen-bond acceptors (Lipinski definition) is 6. The first-order valence-electron chi connectivity index (χ1n) is 5.47. The molecule has 0 unspecified atom stereocenters. The van der Waals surface area contributed by atoms with Gasteiger partial charge in [0.2, 0.25) is 5.91 Å². The minimum absolute atomic E-state index is 0.0432. The first-order valence-corrected chi connectivity index (χ1v) is 7.27. The summed E-state index contributed by atoms with van der Waals surface area (Å²) in [6, 6.07) is 1.94. The molecule has 0 saturated heterocycles. The van der Waals surface area contributed by atoms with E-state index in [9.17, 15) is 9.59 Å². The number of nitriles is 1. The summed E-state index contributed by atoms with van der Waals surface area (Å²) in [6.07, 6.45) is 0.244. The second kappa shape index (κ2) is 7.76. The standard InChI is InChI=1S/C11H13N3O3S2/c1-7-8(5-10(16)17)19-11(14-7)18-6-9(15)13-4-2-3-12/h2,4-6H2,1H3,(H,13,15)(H,16,17). The van der Waals surface area contributed by atoms with E-state index in [-0.39, 0.29) is 24.5 Å². The third kappa shape index (κ3) is 5.72. The average Bonchev–Trinajstić information content (AvgIpc) is 2.67. The van der Waals surface area contributed by atoms with Crippen molar-refractivity contribution in [3.05, 3.63) is 10.6 Å². The van der Waals surface area contributed by atoms with Gasteiger partial charge in [0.15, 0.2) is 4.34 Å². The third-order valence-electron chi connectivity index (χ3n) is 2.07. The molecule has 0 aliphatic carbocycles. The monoisotopic (exact) mass is 299 g/mol. The van der Waals surface area contributed by atoms with Gasteiger partial charge in [-0.15, -0.1) is 11.3 Å². The van der Waals surface area contributed by atoms with Crippen LogP contribution in [-0.2, 0) is 16.0 Å². The van der Waals surface area contributed by atoms with Crippen LogP contribution in [0.2, 0.25) is 0 Å². The van der Waals surface area contributed by atoms with Crippen molar-refractivity contribution in [1.82, 2.24) is 10.3 Å². The fourth-order valence-corrected chi connectivity index (χ4v) is 3.26. The summed E-state index contributed by atoms with van der Waals surface area (Å²) < 4.78 is 0.684. The molecule has 0 radical (unpaired) electrons. The van der Waals surface area contributed by atoms with E-state index in [0.29, 0.717) is 21.5 Å². The number of aromatic nitrogens is 1. The van der Waals surface area contributed by atoms with Crippen molar-refractivity contribution in [2.75, 3.05) is 12.3 Å². The third-order valence-corrected chi connectivity index (χ3v) is 4.37. The highest BCUT2D eigenvalue weighted by Crippen LogP contribution is 2.27. The fraction of sp³-hybridized carbons (Fsp3) is 0.455. The van der Waals surface area contributed by atoms with Gasteiger partial charge >= 0.3 is 5.97 Å². The molecule has 1 rings (SSSR count). The van der Waals surface area contributed by atoms with Gasteiger partial charge in [-0.1, -0.05) is 11.8 Å². The van der Waals surface area contributed by atoms with Gasteiger partial charge in [-0.2, -0.15) is 5.26 Å². The highest BCUT2D eigenvalue weighted by atomic mass is 32.2. The van der Waals surface area contributed by atoms with E-state index in [0.717, 1.165) is 0 Å². The van der Waals surface area contributed by atoms with Crippen LogP contribution in [-0.4, -0.2) is 34.3 Å². The number of carbonyl (C=O) groups excluding carboxylic acids is 1. The normalized spacial score (nSPS) is 9.89. The Morgan fingerprint density at radius 3 is 2.95 bits per heavy atom. The number of amides is 1. The summed E-state index contributed by atoms with van der Waals surface area (Å²) in [5.74, 6) is -0.837. The summed E-state index contributed by atoms with van der Waals surface area (Å²) >= 11 is 2.57. The molecule has 0 aliphatic rings. The molecule has 0 bridgehead atoms. The van der Waals surface area contributed by atoms with Crippen LogP contribution < -0.4 is 5.32 Å². The van der Waals surface area contributed by atoms with Crippen molar-refractivity contribution in [3.63, 3.8) is 0 Å². The average molecular weight is 299 g/mol. The predicted molar refractivity (Wildman–Crippen MR) is 72.2 cm³/mol. The van der Waals surface area contributed by atoms with Crippen LogP contribution in [0.4, 0.5) is 0 Å². The van der Waals surface area contributed by atoms with Crippen molar-refractivity contribution < 1.29 is 14.7 Å². The van der Waals surface area contributed by atoms with Crippen LogP contribution in [0.15, 0.2) is 4.34 Å². The van der Waals surface area contributed by atoms with E-state index < -0.39 is 5.97 Å². The van der Waals surface area contributed by atoms with Gasteiger partial charge in [0, 0.05) is 11.4 Å². The van der Waals surface area contributed by atoms with E-state index in [2.05, 4.69) is 10.3 Å². The maximum Gasteiger partial charge on any atom is 0.308 e. The van der Waals surface area contributed by atoms with Crippen LogP contribution in [0.1, 0.15) is 17.0 Å². The Bertz CT molecular complexity index is 508. The number of thioether (sulfide) groups is 1. The highest BCUT2D eigenvalue weighted by molar-refractivity contribution is 8.01. The van der Waals surface area contributed by atoms with Crippen LogP contribution >= 0.6 is 23.1 Å². The summed E-state index contributed by atoms with van der Waals surface area (Å²) in [5.41, 5.74) is 0.694. The molecule has 19 heavy (non-hydrogen) atoms. The van der Waals surface area contributed by atoms with Crippen LogP contribution in [0, 0.1) is 18.3 Å². The zero-order valence-corrected chi connectivity index (χ0v) is 11.9. The maximum atomic E-state index is 11.4. The Hall–Kier alpha value is -1.59. The summed E-state index contributed by atoms with van der Waals surface area (Å²) in [6.45, 7) is 2.10. The molecular weight excluding hydrogens is 286 g/mol. The molecule has 0 fully saturated rings. The van der Waals surface area contributed by atoms with Crippen molar-refractivity contribution >= 4 is 35.0 Å². The maximum absolute atomic E-state index is 11.4. The number of hydrogen-bond donors (Lipinski definition) is 2. The Morgan fingerprint density at radius 1 is 1.58 bits per heavy atom. The van der Waals surface area contributed by atoms with Crippen molar-refractivity contribution in [2.45, 2.75) is 24.1 Å². The molecule has 1 aromatic heterocycles. The largest absolute Gasteiger partial charge is 0.481 e. The molecule has 0 aromatic carbocycles. The fourth-order valence-electron chi connectivity index (χ4n) is 1.20. The minimum Gasteiger partial charge on any atom is -0.481 e. The predicted octanol–water partition coefficient (Wildman–Crippen LogP) is 1.20. The van der Waals surface area contributed by atoms with Gasteiger partial charge in [-0.3, -0.25) is 9.59 Å². The molecule has 0 saturated carbocycles. The van der Waals surface area contributed by atoms with Gasteiger partial charge in [-0.25, -0.2) is 4.98 Å². The molecule has 1 amide bonds. The number of aliphatic carboxylic acids is 1. The number of carboxylic acids is 1. The van der Waals surface area contributed by atoms with E-state index in [4.69, 9.17) is 10.4 Å². The Balaban J connectivity index is 2.43. The second-order valence-electron chi connectivity index (χ2n) is 3.61. The number of carboxylic acid groups (broad SMARTS) is 1. The van der Waals surface area contributed by atoms with Crippen LogP contribution in [0.25, 0.3) is 0 Å². The minimum atomic E-state index is -0.891. The van der Waals surface area contributed by atoms with Crippen molar-refractivity contribution in [1.29, 1.82) is 5.26 Å². The van der Waals surface area contributed by atoms with E-state index in [1.807, 2.05) is 6.07 Å². The van der Waals surface area contributed by atoms with Gasteiger partial charge in [0.25, 0.3) is 0 Å². The molecule has 2 N–H and O–H groups in total. The lowest BCUT2D eigenvalue weighted by molar-refractivity contribution is -0.136. The van der Waals surface area contributed by atoms with Crippen LogP contribution in [0.5, 0.6) is 0 Å². The smallest absolute Gasteiger partial charge is 0.308 e. The van der Waals surface area contributed by atoms with Crippen molar-refractivity contribution in [3.8, 4) is 6.07 Å². The lowest BCUT2D eigenvalue weighted by Crippen LogP contribution is -2.25. The number of nitrogens with zero attached hydrogens (tertiary/aromatic N) is 2. The number of carbonyl (C=O) groups is 2. The van der Waals surface area contributed by atoms with Crippen LogP contribution in [0.3, 0.4) is 0 Å². The first-order chi connectivity index (χ1) is 9.02. The SMILES string of the molecule is Cc1nc(SCC(=O)NCCC#N)sc1CC(=O)O. The zero-order chi connectivity index (χ0) is 14.3. The summed E-state index contributed by atoms with van der Waals surface area (Å²) in [7, 11) is 0. The Labute approximate surface area is 118 Å². The quantitative estimate of drug-likeness (QED) is 0.579. The van der Waals surface area contributed by atoms with Crippen molar-refractivity contribution in [2.24, 2.45) is 0 Å². The molecule has 102 valence electrons.